The van der Waals surface area contributed by atoms with Crippen LogP contribution < -0.4 is 0 Å². The van der Waals surface area contributed by atoms with Crippen LogP contribution in [0.25, 0.3) is 0 Å². The first-order valence-corrected chi connectivity index (χ1v) is 10.8. The SMILES string of the molecule is CCCCc1ncc(C(O)C(C)(C(=O)OC)c2ccncc2)n1Cc1ccccc1Cl. The van der Waals surface area contributed by atoms with Crippen molar-refractivity contribution in [3.63, 3.8) is 0 Å². The summed E-state index contributed by atoms with van der Waals surface area (Å²) in [5.74, 6) is 0.310. The lowest BCUT2D eigenvalue weighted by Crippen LogP contribution is -2.41. The molecule has 6 nitrogen and oxygen atoms in total. The molecule has 0 fully saturated rings. The number of hydrogen-bond donors (Lipinski definition) is 1. The first kappa shape index (κ1) is 23.0. The molecule has 0 bridgehead atoms. The summed E-state index contributed by atoms with van der Waals surface area (Å²) in [6, 6.07) is 11.0. The van der Waals surface area contributed by atoms with Crippen LogP contribution in [0.3, 0.4) is 0 Å². The third-order valence-electron chi connectivity index (χ3n) is 5.73. The number of esters is 1. The number of aliphatic hydroxyl groups is 1. The number of aliphatic hydroxyl groups excluding tert-OH is 1. The smallest absolute Gasteiger partial charge is 0.319 e. The van der Waals surface area contributed by atoms with Gasteiger partial charge in [0.15, 0.2) is 0 Å². The zero-order valence-electron chi connectivity index (χ0n) is 18.1. The molecule has 2 heterocycles. The maximum absolute atomic E-state index is 12.9. The highest BCUT2D eigenvalue weighted by atomic mass is 35.5. The first-order chi connectivity index (χ1) is 14.9. The highest BCUT2D eigenvalue weighted by molar-refractivity contribution is 6.31. The van der Waals surface area contributed by atoms with Crippen molar-refractivity contribution >= 4 is 17.6 Å². The molecule has 2 atom stereocenters. The maximum atomic E-state index is 12.9. The second-order valence-electron chi connectivity index (χ2n) is 7.71. The minimum absolute atomic E-state index is 0.443. The van der Waals surface area contributed by atoms with E-state index in [9.17, 15) is 9.90 Å². The van der Waals surface area contributed by atoms with Crippen LogP contribution in [-0.2, 0) is 27.9 Å². The van der Waals surface area contributed by atoms with E-state index >= 15 is 0 Å². The molecule has 1 N–H and O–H groups in total. The van der Waals surface area contributed by atoms with Crippen molar-refractivity contribution in [2.45, 2.75) is 51.2 Å². The van der Waals surface area contributed by atoms with E-state index in [1.165, 1.54) is 7.11 Å². The average molecular weight is 442 g/mol. The third-order valence-corrected chi connectivity index (χ3v) is 6.09. The summed E-state index contributed by atoms with van der Waals surface area (Å²) in [6.07, 6.45) is 6.40. The number of imidazole rings is 1. The van der Waals surface area contributed by atoms with E-state index in [1.807, 2.05) is 28.8 Å². The molecular weight excluding hydrogens is 414 g/mol. The lowest BCUT2D eigenvalue weighted by molar-refractivity contribution is -0.152. The van der Waals surface area contributed by atoms with Gasteiger partial charge in [-0.2, -0.15) is 0 Å². The van der Waals surface area contributed by atoms with Gasteiger partial charge in [-0.15, -0.1) is 0 Å². The monoisotopic (exact) mass is 441 g/mol. The summed E-state index contributed by atoms with van der Waals surface area (Å²) in [5, 5.41) is 12.2. The summed E-state index contributed by atoms with van der Waals surface area (Å²) < 4.78 is 7.05. The summed E-state index contributed by atoms with van der Waals surface area (Å²) >= 11 is 6.41. The fourth-order valence-electron chi connectivity index (χ4n) is 3.75. The minimum atomic E-state index is -1.34. The number of hydrogen-bond acceptors (Lipinski definition) is 5. The number of unbranched alkanes of at least 4 members (excludes halogenated alkanes) is 1. The van der Waals surface area contributed by atoms with Crippen LogP contribution in [0.2, 0.25) is 5.02 Å². The van der Waals surface area contributed by atoms with Gasteiger partial charge in [-0.3, -0.25) is 9.78 Å². The number of carbonyl (C=O) groups excluding carboxylic acids is 1. The third kappa shape index (κ3) is 4.65. The summed E-state index contributed by atoms with van der Waals surface area (Å²) in [6.45, 7) is 4.24. The number of pyridine rings is 1. The Morgan fingerprint density at radius 2 is 1.97 bits per heavy atom. The largest absolute Gasteiger partial charge is 0.468 e. The van der Waals surface area contributed by atoms with Crippen molar-refractivity contribution in [3.8, 4) is 0 Å². The van der Waals surface area contributed by atoms with Crippen molar-refractivity contribution in [1.82, 2.24) is 14.5 Å². The molecule has 3 rings (SSSR count). The molecular formula is C24H28ClN3O3. The van der Waals surface area contributed by atoms with Crippen LogP contribution in [-0.4, -0.2) is 32.7 Å². The van der Waals surface area contributed by atoms with Gasteiger partial charge in [0, 0.05) is 23.8 Å². The molecule has 0 amide bonds. The number of benzene rings is 1. The van der Waals surface area contributed by atoms with Crippen molar-refractivity contribution in [1.29, 1.82) is 0 Å². The average Bonchev–Trinajstić information content (AvgIpc) is 3.20. The van der Waals surface area contributed by atoms with Crippen LogP contribution in [0.1, 0.15) is 55.4 Å². The molecule has 0 saturated carbocycles. The van der Waals surface area contributed by atoms with Gasteiger partial charge in [0.05, 0.1) is 25.5 Å². The number of ether oxygens (including phenoxy) is 1. The molecule has 2 aromatic heterocycles. The highest BCUT2D eigenvalue weighted by Crippen LogP contribution is 2.39. The predicted octanol–water partition coefficient (Wildman–Crippen LogP) is 4.49. The Hall–Kier alpha value is -2.70. The number of carbonyl (C=O) groups is 1. The Morgan fingerprint density at radius 3 is 2.61 bits per heavy atom. The molecule has 0 saturated heterocycles. The second-order valence-corrected chi connectivity index (χ2v) is 8.12. The number of aromatic nitrogens is 3. The number of halogens is 1. The van der Waals surface area contributed by atoms with Gasteiger partial charge in [0.25, 0.3) is 0 Å². The standard InChI is InChI=1S/C24H28ClN3O3/c1-4-5-10-21-27-15-20(28(21)16-17-8-6-7-9-19(17)25)22(29)24(2,23(30)31-3)18-11-13-26-14-12-18/h6-9,11-15,22,29H,4-5,10,16H2,1-3H3. The minimum Gasteiger partial charge on any atom is -0.468 e. The van der Waals surface area contributed by atoms with Crippen molar-refractivity contribution in [2.24, 2.45) is 0 Å². The van der Waals surface area contributed by atoms with Gasteiger partial charge in [-0.05, 0) is 42.7 Å². The fourth-order valence-corrected chi connectivity index (χ4v) is 3.95. The first-order valence-electron chi connectivity index (χ1n) is 10.4. The molecule has 31 heavy (non-hydrogen) atoms. The van der Waals surface area contributed by atoms with E-state index in [2.05, 4.69) is 16.9 Å². The van der Waals surface area contributed by atoms with Crippen molar-refractivity contribution < 1.29 is 14.6 Å². The van der Waals surface area contributed by atoms with Gasteiger partial charge in [0.1, 0.15) is 17.3 Å². The molecule has 0 radical (unpaired) electrons. The summed E-state index contributed by atoms with van der Waals surface area (Å²) in [4.78, 5) is 21.5. The zero-order valence-corrected chi connectivity index (χ0v) is 18.8. The maximum Gasteiger partial charge on any atom is 0.319 e. The van der Waals surface area contributed by atoms with Gasteiger partial charge >= 0.3 is 5.97 Å². The topological polar surface area (TPSA) is 77.2 Å². The number of aryl methyl sites for hydroxylation is 1. The van der Waals surface area contributed by atoms with Crippen molar-refractivity contribution in [3.05, 3.63) is 82.7 Å². The molecule has 0 aliphatic carbocycles. The predicted molar refractivity (Wildman–Crippen MR) is 120 cm³/mol. The van der Waals surface area contributed by atoms with Crippen molar-refractivity contribution in [2.75, 3.05) is 7.11 Å². The Bertz CT molecular complexity index is 1020. The Morgan fingerprint density at radius 1 is 1.26 bits per heavy atom. The number of rotatable bonds is 9. The molecule has 164 valence electrons. The Kier molecular flexibility index (Phi) is 7.46. The van der Waals surface area contributed by atoms with E-state index < -0.39 is 17.5 Å². The molecule has 1 aromatic carbocycles. The van der Waals surface area contributed by atoms with Crippen LogP contribution in [0.15, 0.2) is 55.0 Å². The zero-order chi connectivity index (χ0) is 22.4. The fraction of sp³-hybridized carbons (Fsp3) is 0.375. The normalized spacial score (nSPS) is 14.1. The van der Waals surface area contributed by atoms with Crippen LogP contribution in [0, 0.1) is 0 Å². The van der Waals surface area contributed by atoms with Gasteiger partial charge in [0.2, 0.25) is 0 Å². The Balaban J connectivity index is 2.10. The number of nitrogens with zero attached hydrogens (tertiary/aromatic N) is 3. The van der Waals surface area contributed by atoms with E-state index in [0.29, 0.717) is 22.8 Å². The van der Waals surface area contributed by atoms with E-state index in [-0.39, 0.29) is 0 Å². The quantitative estimate of drug-likeness (QED) is 0.495. The molecule has 0 aliphatic rings. The second kappa shape index (κ2) is 10.1. The summed E-state index contributed by atoms with van der Waals surface area (Å²) in [7, 11) is 1.32. The van der Waals surface area contributed by atoms with E-state index in [1.54, 1.807) is 37.6 Å². The molecule has 2 unspecified atom stereocenters. The molecule has 3 aromatic rings. The van der Waals surface area contributed by atoms with E-state index in [4.69, 9.17) is 16.3 Å². The Labute approximate surface area is 187 Å². The van der Waals surface area contributed by atoms with E-state index in [0.717, 1.165) is 30.7 Å². The highest BCUT2D eigenvalue weighted by Gasteiger charge is 2.46. The molecule has 7 heteroatoms. The molecule has 0 aliphatic heterocycles. The van der Waals surface area contributed by atoms with Gasteiger partial charge in [-0.25, -0.2) is 4.98 Å². The lowest BCUT2D eigenvalue weighted by Gasteiger charge is -2.32. The molecule has 0 spiro atoms. The van der Waals surface area contributed by atoms with Gasteiger partial charge < -0.3 is 14.4 Å². The summed E-state index contributed by atoms with van der Waals surface area (Å²) in [5.41, 5.74) is 0.730. The van der Waals surface area contributed by atoms with Crippen LogP contribution >= 0.6 is 11.6 Å². The van der Waals surface area contributed by atoms with Crippen LogP contribution in [0.4, 0.5) is 0 Å². The lowest BCUT2D eigenvalue weighted by atomic mass is 9.76. The van der Waals surface area contributed by atoms with Gasteiger partial charge in [-0.1, -0.05) is 43.1 Å². The number of methoxy groups -OCH3 is 1. The van der Waals surface area contributed by atoms with Crippen LogP contribution in [0.5, 0.6) is 0 Å².